The van der Waals surface area contributed by atoms with Crippen molar-refractivity contribution in [3.05, 3.63) is 58.4 Å². The molecule has 25 heavy (non-hydrogen) atoms. The fourth-order valence-electron chi connectivity index (χ4n) is 3.12. The van der Waals surface area contributed by atoms with E-state index in [1.54, 1.807) is 0 Å². The quantitative estimate of drug-likeness (QED) is 0.554. The Balaban J connectivity index is 2.06. The molecule has 0 radical (unpaired) electrons. The molecule has 0 aliphatic rings. The van der Waals surface area contributed by atoms with Crippen molar-refractivity contribution in [3.8, 4) is 0 Å². The summed E-state index contributed by atoms with van der Waals surface area (Å²) in [4.78, 5) is 25.9. The second kappa shape index (κ2) is 7.49. The molecule has 0 saturated carbocycles. The van der Waals surface area contributed by atoms with Crippen LogP contribution in [0.2, 0.25) is 0 Å². The van der Waals surface area contributed by atoms with Crippen molar-refractivity contribution in [1.82, 2.24) is 10.2 Å². The number of carbonyl (C=O) groups is 1. The summed E-state index contributed by atoms with van der Waals surface area (Å²) < 4.78 is 5.39. The van der Waals surface area contributed by atoms with Crippen molar-refractivity contribution < 1.29 is 9.21 Å². The molecule has 3 rings (SSSR count). The molecule has 1 aromatic heterocycles. The maximum Gasteiger partial charge on any atom is 0.336 e. The lowest BCUT2D eigenvalue weighted by Gasteiger charge is -2.20. The summed E-state index contributed by atoms with van der Waals surface area (Å²) in [5.74, 6) is -0.0125. The van der Waals surface area contributed by atoms with E-state index in [0.29, 0.717) is 31.8 Å². The van der Waals surface area contributed by atoms with Crippen molar-refractivity contribution in [2.24, 2.45) is 0 Å². The smallest absolute Gasteiger partial charge is 0.336 e. The molecular formula is C20H22N2O3. The Hall–Kier alpha value is -2.66. The normalized spacial score (nSPS) is 11.3. The Morgan fingerprint density at radius 3 is 2.72 bits per heavy atom. The Morgan fingerprint density at radius 1 is 1.16 bits per heavy atom. The highest BCUT2D eigenvalue weighted by Gasteiger charge is 2.14. The van der Waals surface area contributed by atoms with Gasteiger partial charge < -0.3 is 9.73 Å². The predicted molar refractivity (Wildman–Crippen MR) is 99.6 cm³/mol. The van der Waals surface area contributed by atoms with Crippen LogP contribution in [-0.2, 0) is 11.3 Å². The molecule has 0 saturated heterocycles. The number of amides is 1. The molecule has 0 fully saturated rings. The van der Waals surface area contributed by atoms with Gasteiger partial charge in [0.15, 0.2) is 0 Å². The maximum atomic E-state index is 12.0. The summed E-state index contributed by atoms with van der Waals surface area (Å²) in [6.07, 6.45) is 0. The van der Waals surface area contributed by atoms with E-state index in [1.807, 2.05) is 55.1 Å². The molecule has 0 unspecified atom stereocenters. The average molecular weight is 338 g/mol. The van der Waals surface area contributed by atoms with E-state index < -0.39 is 0 Å². The van der Waals surface area contributed by atoms with E-state index in [-0.39, 0.29) is 11.5 Å². The molecule has 0 aliphatic carbocycles. The first-order chi connectivity index (χ1) is 12.1. The van der Waals surface area contributed by atoms with Crippen molar-refractivity contribution in [2.45, 2.75) is 20.4 Å². The molecule has 0 spiro atoms. The molecule has 1 heterocycles. The van der Waals surface area contributed by atoms with Gasteiger partial charge in [0, 0.05) is 24.5 Å². The van der Waals surface area contributed by atoms with Crippen LogP contribution in [-0.4, -0.2) is 30.4 Å². The Bertz CT molecular complexity index is 962. The van der Waals surface area contributed by atoms with Gasteiger partial charge in [0.05, 0.1) is 6.54 Å². The van der Waals surface area contributed by atoms with Gasteiger partial charge in [-0.05, 0) is 35.9 Å². The average Bonchev–Trinajstić information content (AvgIpc) is 2.60. The monoisotopic (exact) mass is 338 g/mol. The summed E-state index contributed by atoms with van der Waals surface area (Å²) in [6.45, 7) is 6.05. The van der Waals surface area contributed by atoms with E-state index in [2.05, 4.69) is 5.32 Å². The van der Waals surface area contributed by atoms with Gasteiger partial charge in [-0.3, -0.25) is 9.69 Å². The van der Waals surface area contributed by atoms with Crippen molar-refractivity contribution >= 4 is 27.6 Å². The van der Waals surface area contributed by atoms with Crippen LogP contribution in [0.1, 0.15) is 19.4 Å². The van der Waals surface area contributed by atoms with Crippen LogP contribution in [0.15, 0.2) is 51.7 Å². The number of likely N-dealkylation sites (N-methyl/N-ethyl adjacent to an activating group) is 2. The summed E-state index contributed by atoms with van der Waals surface area (Å²) in [6, 6.07) is 13.4. The van der Waals surface area contributed by atoms with Gasteiger partial charge in [-0.25, -0.2) is 4.79 Å². The highest BCUT2D eigenvalue weighted by Crippen LogP contribution is 2.28. The summed E-state index contributed by atoms with van der Waals surface area (Å²) in [5.41, 5.74) is 1.09. The third-order valence-corrected chi connectivity index (χ3v) is 4.30. The van der Waals surface area contributed by atoms with Gasteiger partial charge in [-0.15, -0.1) is 0 Å². The number of hydrogen-bond donors (Lipinski definition) is 1. The van der Waals surface area contributed by atoms with Crippen molar-refractivity contribution in [3.63, 3.8) is 0 Å². The fourth-order valence-corrected chi connectivity index (χ4v) is 3.12. The molecule has 3 aromatic rings. The Morgan fingerprint density at radius 2 is 1.96 bits per heavy atom. The zero-order valence-corrected chi connectivity index (χ0v) is 14.5. The third kappa shape index (κ3) is 3.72. The highest BCUT2D eigenvalue weighted by atomic mass is 16.4. The first kappa shape index (κ1) is 17.2. The molecule has 1 amide bonds. The van der Waals surface area contributed by atoms with Crippen molar-refractivity contribution in [2.75, 3.05) is 19.6 Å². The van der Waals surface area contributed by atoms with Crippen LogP contribution in [0.5, 0.6) is 0 Å². The first-order valence-electron chi connectivity index (χ1n) is 8.56. The molecule has 0 atom stereocenters. The number of benzene rings is 2. The van der Waals surface area contributed by atoms with E-state index in [4.69, 9.17) is 4.42 Å². The first-order valence-corrected chi connectivity index (χ1v) is 8.56. The van der Waals surface area contributed by atoms with Gasteiger partial charge in [0.2, 0.25) is 5.91 Å². The molecule has 1 N–H and O–H groups in total. The number of rotatable bonds is 6. The summed E-state index contributed by atoms with van der Waals surface area (Å²) in [7, 11) is 0. The molecule has 130 valence electrons. The molecule has 0 aliphatic heterocycles. The van der Waals surface area contributed by atoms with Crippen LogP contribution in [0.25, 0.3) is 21.7 Å². The second-order valence-electron chi connectivity index (χ2n) is 6.01. The lowest BCUT2D eigenvalue weighted by molar-refractivity contribution is -0.122. The van der Waals surface area contributed by atoms with E-state index >= 15 is 0 Å². The minimum absolute atomic E-state index is 0.0125. The number of hydrogen-bond acceptors (Lipinski definition) is 4. The zero-order chi connectivity index (χ0) is 17.8. The Labute approximate surface area is 146 Å². The van der Waals surface area contributed by atoms with Crippen LogP contribution in [0.4, 0.5) is 0 Å². The van der Waals surface area contributed by atoms with Crippen LogP contribution < -0.4 is 10.9 Å². The van der Waals surface area contributed by atoms with Crippen molar-refractivity contribution in [1.29, 1.82) is 0 Å². The van der Waals surface area contributed by atoms with Gasteiger partial charge >= 0.3 is 5.63 Å². The zero-order valence-electron chi connectivity index (χ0n) is 14.5. The van der Waals surface area contributed by atoms with Crippen LogP contribution >= 0.6 is 0 Å². The highest BCUT2D eigenvalue weighted by molar-refractivity contribution is 6.07. The molecule has 5 nitrogen and oxygen atoms in total. The largest absolute Gasteiger partial charge is 0.423 e. The number of nitrogens with zero attached hydrogens (tertiary/aromatic N) is 1. The lowest BCUT2D eigenvalue weighted by atomic mass is 10.0. The SMILES string of the molecule is CCNC(=O)CN(CC)Cc1cc(=O)oc2ccc3ccccc3c12. The standard InChI is InChI=1S/C20H22N2O3/c1-3-21-18(23)13-22(4-2)12-15-11-19(24)25-17-10-9-14-7-5-6-8-16(14)20(15)17/h5-11H,3-4,12-13H2,1-2H3,(H,21,23). The van der Waals surface area contributed by atoms with E-state index in [0.717, 1.165) is 21.7 Å². The molecular weight excluding hydrogens is 316 g/mol. The lowest BCUT2D eigenvalue weighted by Crippen LogP contribution is -2.36. The van der Waals surface area contributed by atoms with Gasteiger partial charge in [-0.2, -0.15) is 0 Å². The number of fused-ring (bicyclic) bond motifs is 3. The summed E-state index contributed by atoms with van der Waals surface area (Å²) in [5, 5.41) is 5.89. The summed E-state index contributed by atoms with van der Waals surface area (Å²) >= 11 is 0. The molecule has 5 heteroatoms. The predicted octanol–water partition coefficient (Wildman–Crippen LogP) is 2.90. The topological polar surface area (TPSA) is 62.6 Å². The van der Waals surface area contributed by atoms with E-state index in [1.165, 1.54) is 6.07 Å². The molecule has 0 bridgehead atoms. The van der Waals surface area contributed by atoms with Crippen LogP contribution in [0, 0.1) is 0 Å². The van der Waals surface area contributed by atoms with E-state index in [9.17, 15) is 9.59 Å². The third-order valence-electron chi connectivity index (χ3n) is 4.30. The number of nitrogens with one attached hydrogen (secondary N) is 1. The fraction of sp³-hybridized carbons (Fsp3) is 0.300. The Kier molecular flexibility index (Phi) is 5.14. The van der Waals surface area contributed by atoms with Gasteiger partial charge in [-0.1, -0.05) is 37.3 Å². The van der Waals surface area contributed by atoms with Gasteiger partial charge in [0.1, 0.15) is 5.58 Å². The minimum atomic E-state index is -0.369. The van der Waals surface area contributed by atoms with Gasteiger partial charge in [0.25, 0.3) is 0 Å². The molecule has 2 aromatic carbocycles. The van der Waals surface area contributed by atoms with Crippen LogP contribution in [0.3, 0.4) is 0 Å². The second-order valence-corrected chi connectivity index (χ2v) is 6.01. The maximum absolute atomic E-state index is 12.0. The minimum Gasteiger partial charge on any atom is -0.423 e. The number of carbonyl (C=O) groups excluding carboxylic acids is 1.